The normalized spacial score (nSPS) is 10.7. The van der Waals surface area contributed by atoms with Gasteiger partial charge in [0.05, 0.1) is 15.8 Å². The van der Waals surface area contributed by atoms with E-state index < -0.39 is 0 Å². The number of halogens is 2. The van der Waals surface area contributed by atoms with Gasteiger partial charge in [-0.1, -0.05) is 53.2 Å². The summed E-state index contributed by atoms with van der Waals surface area (Å²) in [7, 11) is 0. The molecule has 0 radical (unpaired) electrons. The molecule has 0 fully saturated rings. The second kappa shape index (κ2) is 10.7. The van der Waals surface area contributed by atoms with Crippen LogP contribution in [0.1, 0.15) is 17.0 Å². The van der Waals surface area contributed by atoms with Crippen molar-refractivity contribution in [2.45, 2.75) is 32.2 Å². The van der Waals surface area contributed by atoms with Crippen LogP contribution in [0.25, 0.3) is 0 Å². The highest BCUT2D eigenvalue weighted by atomic mass is 35.5. The number of hydrogen-bond donors (Lipinski definition) is 1. The second-order valence-corrected chi connectivity index (χ2v) is 8.58. The maximum Gasteiger partial charge on any atom is 0.234 e. The highest BCUT2D eigenvalue weighted by Crippen LogP contribution is 2.26. The van der Waals surface area contributed by atoms with Crippen LogP contribution in [0, 0.1) is 13.8 Å². The Morgan fingerprint density at radius 3 is 2.74 bits per heavy atom. The fourth-order valence-corrected chi connectivity index (χ4v) is 3.82. The molecule has 162 valence electrons. The number of anilines is 1. The Labute approximate surface area is 195 Å². The number of benzene rings is 2. The number of allylic oxidation sites excluding steroid dienone is 1. The number of rotatable bonds is 9. The molecule has 31 heavy (non-hydrogen) atoms. The van der Waals surface area contributed by atoms with E-state index in [1.54, 1.807) is 24.3 Å². The zero-order chi connectivity index (χ0) is 22.4. The van der Waals surface area contributed by atoms with Crippen molar-refractivity contribution in [2.75, 3.05) is 11.1 Å². The zero-order valence-corrected chi connectivity index (χ0v) is 19.5. The number of ether oxygens (including phenoxy) is 1. The summed E-state index contributed by atoms with van der Waals surface area (Å²) in [6.07, 6.45) is 1.75. The van der Waals surface area contributed by atoms with Gasteiger partial charge in [0.2, 0.25) is 5.91 Å². The summed E-state index contributed by atoms with van der Waals surface area (Å²) in [6.45, 7) is 8.59. The molecule has 0 aliphatic rings. The number of aromatic nitrogens is 3. The lowest BCUT2D eigenvalue weighted by Crippen LogP contribution is -2.15. The van der Waals surface area contributed by atoms with Crippen molar-refractivity contribution < 1.29 is 9.53 Å². The first-order chi connectivity index (χ1) is 14.9. The molecule has 0 unspecified atom stereocenters. The second-order valence-electron chi connectivity index (χ2n) is 6.82. The van der Waals surface area contributed by atoms with E-state index in [1.165, 1.54) is 11.8 Å². The summed E-state index contributed by atoms with van der Waals surface area (Å²) in [4.78, 5) is 12.3. The zero-order valence-electron chi connectivity index (χ0n) is 17.2. The Kier molecular flexibility index (Phi) is 8.01. The molecule has 0 atom stereocenters. The summed E-state index contributed by atoms with van der Waals surface area (Å²) in [6, 6.07) is 11.0. The van der Waals surface area contributed by atoms with Gasteiger partial charge in [0.1, 0.15) is 12.4 Å². The Bertz CT molecular complexity index is 1100. The third-order valence-electron chi connectivity index (χ3n) is 4.34. The molecular weight excluding hydrogens is 455 g/mol. The molecule has 6 nitrogen and oxygen atoms in total. The van der Waals surface area contributed by atoms with Crippen molar-refractivity contribution in [2.24, 2.45) is 0 Å². The SMILES string of the molecule is C=CCn1c(COc2cc(C)ccc2C)nnc1SCC(=O)Nc1ccc(Cl)c(Cl)c1. The molecule has 0 bridgehead atoms. The number of nitrogens with zero attached hydrogens (tertiary/aromatic N) is 3. The van der Waals surface area contributed by atoms with Gasteiger partial charge in [-0.3, -0.25) is 9.36 Å². The van der Waals surface area contributed by atoms with Gasteiger partial charge in [0, 0.05) is 12.2 Å². The largest absolute Gasteiger partial charge is 0.485 e. The predicted molar refractivity (Wildman–Crippen MR) is 126 cm³/mol. The number of hydrogen-bond acceptors (Lipinski definition) is 5. The molecule has 0 saturated heterocycles. The third kappa shape index (κ3) is 6.26. The lowest BCUT2D eigenvalue weighted by Gasteiger charge is -2.11. The first-order valence-corrected chi connectivity index (χ1v) is 11.2. The van der Waals surface area contributed by atoms with E-state index in [4.69, 9.17) is 27.9 Å². The van der Waals surface area contributed by atoms with Gasteiger partial charge in [0.15, 0.2) is 11.0 Å². The van der Waals surface area contributed by atoms with Gasteiger partial charge < -0.3 is 10.1 Å². The van der Waals surface area contributed by atoms with Crippen LogP contribution in [0.2, 0.25) is 10.0 Å². The smallest absolute Gasteiger partial charge is 0.234 e. The molecule has 1 heterocycles. The van der Waals surface area contributed by atoms with Crippen LogP contribution in [0.4, 0.5) is 5.69 Å². The molecule has 1 N–H and O–H groups in total. The van der Waals surface area contributed by atoms with Crippen LogP contribution < -0.4 is 10.1 Å². The minimum atomic E-state index is -0.190. The molecule has 2 aromatic carbocycles. The van der Waals surface area contributed by atoms with Crippen molar-refractivity contribution in [3.8, 4) is 5.75 Å². The van der Waals surface area contributed by atoms with E-state index in [9.17, 15) is 4.79 Å². The predicted octanol–water partition coefficient (Wildman–Crippen LogP) is 5.70. The number of amides is 1. The van der Waals surface area contributed by atoms with Gasteiger partial charge in [-0.2, -0.15) is 0 Å². The summed E-state index contributed by atoms with van der Waals surface area (Å²) in [5, 5.41) is 12.7. The van der Waals surface area contributed by atoms with Crippen LogP contribution in [-0.4, -0.2) is 26.4 Å². The van der Waals surface area contributed by atoms with Gasteiger partial charge in [-0.25, -0.2) is 0 Å². The van der Waals surface area contributed by atoms with Gasteiger partial charge in [-0.05, 0) is 49.2 Å². The van der Waals surface area contributed by atoms with Crippen molar-refractivity contribution in [1.29, 1.82) is 0 Å². The van der Waals surface area contributed by atoms with Crippen LogP contribution in [0.3, 0.4) is 0 Å². The van der Waals surface area contributed by atoms with Crippen LogP contribution >= 0.6 is 35.0 Å². The maximum atomic E-state index is 12.3. The standard InChI is InChI=1S/C22H22Cl2N4O2S/c1-4-9-28-20(12-30-19-10-14(2)5-6-15(19)3)26-27-22(28)31-13-21(29)25-16-7-8-17(23)18(24)11-16/h4-8,10-11H,1,9,12-13H2,2-3H3,(H,25,29). The van der Waals surface area contributed by atoms with Crippen molar-refractivity contribution >= 4 is 46.6 Å². The lowest BCUT2D eigenvalue weighted by molar-refractivity contribution is -0.113. The van der Waals surface area contributed by atoms with Gasteiger partial charge in [-0.15, -0.1) is 16.8 Å². The molecule has 0 aliphatic heterocycles. The highest BCUT2D eigenvalue weighted by molar-refractivity contribution is 7.99. The highest BCUT2D eigenvalue weighted by Gasteiger charge is 2.15. The number of carbonyl (C=O) groups is 1. The number of nitrogens with one attached hydrogen (secondary N) is 1. The fourth-order valence-electron chi connectivity index (χ4n) is 2.75. The quantitative estimate of drug-likeness (QED) is 0.316. The lowest BCUT2D eigenvalue weighted by atomic mass is 10.1. The first kappa shape index (κ1) is 23.2. The number of thioether (sulfide) groups is 1. The topological polar surface area (TPSA) is 69.0 Å². The van der Waals surface area contributed by atoms with Crippen LogP contribution in [-0.2, 0) is 17.9 Å². The molecule has 0 aliphatic carbocycles. The minimum absolute atomic E-state index is 0.160. The summed E-state index contributed by atoms with van der Waals surface area (Å²) in [5.74, 6) is 1.44. The molecule has 3 aromatic rings. The molecule has 1 aromatic heterocycles. The van der Waals surface area contributed by atoms with Crippen molar-refractivity contribution in [3.05, 3.63) is 76.0 Å². The summed E-state index contributed by atoms with van der Waals surface area (Å²) >= 11 is 13.2. The van der Waals surface area contributed by atoms with E-state index >= 15 is 0 Å². The summed E-state index contributed by atoms with van der Waals surface area (Å²) in [5.41, 5.74) is 2.75. The van der Waals surface area contributed by atoms with E-state index in [2.05, 4.69) is 22.1 Å². The molecule has 3 rings (SSSR count). The average Bonchev–Trinajstić information content (AvgIpc) is 3.12. The Balaban J connectivity index is 1.64. The van der Waals surface area contributed by atoms with Crippen LogP contribution in [0.5, 0.6) is 5.75 Å². The van der Waals surface area contributed by atoms with Crippen LogP contribution in [0.15, 0.2) is 54.2 Å². The first-order valence-electron chi connectivity index (χ1n) is 9.48. The van der Waals surface area contributed by atoms with Gasteiger partial charge in [0.25, 0.3) is 0 Å². The van der Waals surface area contributed by atoms with E-state index in [-0.39, 0.29) is 18.3 Å². The van der Waals surface area contributed by atoms with E-state index in [0.717, 1.165) is 16.9 Å². The van der Waals surface area contributed by atoms with Crippen molar-refractivity contribution in [3.63, 3.8) is 0 Å². The van der Waals surface area contributed by atoms with Gasteiger partial charge >= 0.3 is 0 Å². The van der Waals surface area contributed by atoms with E-state index in [0.29, 0.717) is 33.3 Å². The monoisotopic (exact) mass is 476 g/mol. The number of aryl methyl sites for hydroxylation is 2. The summed E-state index contributed by atoms with van der Waals surface area (Å²) < 4.78 is 7.84. The molecular formula is C22H22Cl2N4O2S. The average molecular weight is 477 g/mol. The Morgan fingerprint density at radius 2 is 2.00 bits per heavy atom. The minimum Gasteiger partial charge on any atom is -0.485 e. The number of carbonyl (C=O) groups excluding carboxylic acids is 1. The molecule has 1 amide bonds. The molecule has 9 heteroatoms. The Hall–Kier alpha value is -2.48. The fraction of sp³-hybridized carbons (Fsp3) is 0.227. The third-order valence-corrected chi connectivity index (χ3v) is 6.05. The molecule has 0 spiro atoms. The van der Waals surface area contributed by atoms with E-state index in [1.807, 2.05) is 36.6 Å². The maximum absolute atomic E-state index is 12.3. The van der Waals surface area contributed by atoms with Crippen molar-refractivity contribution in [1.82, 2.24) is 14.8 Å². The molecule has 0 saturated carbocycles. The Morgan fingerprint density at radius 1 is 1.19 bits per heavy atom.